The molecule has 1 aliphatic rings. The molecule has 1 rings (SSSR count). The molecule has 0 spiro atoms. The summed E-state index contributed by atoms with van der Waals surface area (Å²) in [6.07, 6.45) is 2.53. The van der Waals surface area contributed by atoms with E-state index in [-0.39, 0.29) is 38.3 Å². The predicted octanol–water partition coefficient (Wildman–Crippen LogP) is -0.520. The van der Waals surface area contributed by atoms with E-state index in [9.17, 15) is 24.3 Å². The van der Waals surface area contributed by atoms with E-state index >= 15 is 0 Å². The molecule has 1 atom stereocenters. The Labute approximate surface area is 318 Å². The lowest BCUT2D eigenvalue weighted by Crippen LogP contribution is -2.45. The molecule has 0 unspecified atom stereocenters. The molecule has 1 heterocycles. The second kappa shape index (κ2) is 37.3. The average molecular weight is 783 g/mol. The molecule has 0 fully saturated rings. The Balaban J connectivity index is 1.71. The van der Waals surface area contributed by atoms with E-state index in [1.165, 1.54) is 0 Å². The van der Waals surface area contributed by atoms with Crippen LogP contribution in [0.15, 0.2) is 12.2 Å². The Hall–Kier alpha value is -2.66. The number of hydrogen-bond acceptors (Lipinski definition) is 16. The molecule has 0 saturated heterocycles. The second-order valence-electron chi connectivity index (χ2n) is 11.2. The largest absolute Gasteiger partial charge is 0.480 e. The van der Waals surface area contributed by atoms with Crippen molar-refractivity contribution < 1.29 is 81.1 Å². The number of ether oxygens (including phenoxy) is 12. The van der Waals surface area contributed by atoms with Gasteiger partial charge in [-0.25, -0.2) is 4.79 Å². The van der Waals surface area contributed by atoms with E-state index in [4.69, 9.17) is 56.8 Å². The SMILES string of the molecule is COCCOCCOCCOCCOCCOCCOCCOCCOCCOCCOCCOCCC(=O)NCCC[C@H](C(=O)O)N1C(=O)C=CC1=O. The lowest BCUT2D eigenvalue weighted by atomic mass is 10.1. The molecule has 0 radical (unpaired) electrons. The summed E-state index contributed by atoms with van der Waals surface area (Å²) in [4.78, 5) is 47.5. The summed E-state index contributed by atoms with van der Waals surface area (Å²) in [6, 6.07) is -1.27. The molecule has 0 bridgehead atoms. The van der Waals surface area contributed by atoms with E-state index in [0.29, 0.717) is 150 Å². The van der Waals surface area contributed by atoms with Gasteiger partial charge >= 0.3 is 5.97 Å². The van der Waals surface area contributed by atoms with Crippen molar-refractivity contribution in [1.82, 2.24) is 10.2 Å². The van der Waals surface area contributed by atoms with Crippen molar-refractivity contribution >= 4 is 23.7 Å². The normalized spacial score (nSPS) is 13.3. The van der Waals surface area contributed by atoms with E-state index in [2.05, 4.69) is 5.32 Å². The predicted molar refractivity (Wildman–Crippen MR) is 190 cm³/mol. The van der Waals surface area contributed by atoms with Gasteiger partial charge in [-0.2, -0.15) is 0 Å². The zero-order chi connectivity index (χ0) is 39.2. The van der Waals surface area contributed by atoms with E-state index < -0.39 is 23.8 Å². The van der Waals surface area contributed by atoms with Crippen molar-refractivity contribution in [2.75, 3.05) is 166 Å². The van der Waals surface area contributed by atoms with Crippen LogP contribution in [0.5, 0.6) is 0 Å². The fourth-order valence-corrected chi connectivity index (χ4v) is 4.30. The molecule has 3 amide bonds. The molecule has 0 aromatic rings. The number of aliphatic carboxylic acids is 1. The van der Waals surface area contributed by atoms with Crippen molar-refractivity contribution in [2.45, 2.75) is 25.3 Å². The van der Waals surface area contributed by atoms with Crippen molar-refractivity contribution in [2.24, 2.45) is 0 Å². The van der Waals surface area contributed by atoms with Crippen LogP contribution in [-0.2, 0) is 76.0 Å². The molecule has 0 aromatic heterocycles. The second-order valence-corrected chi connectivity index (χ2v) is 11.2. The van der Waals surface area contributed by atoms with Gasteiger partial charge in [-0.05, 0) is 12.8 Å². The van der Waals surface area contributed by atoms with Crippen molar-refractivity contribution in [3.05, 3.63) is 12.2 Å². The highest BCUT2D eigenvalue weighted by Gasteiger charge is 2.35. The molecule has 54 heavy (non-hydrogen) atoms. The van der Waals surface area contributed by atoms with Gasteiger partial charge in [-0.15, -0.1) is 0 Å². The van der Waals surface area contributed by atoms with Crippen molar-refractivity contribution in [3.63, 3.8) is 0 Å². The van der Waals surface area contributed by atoms with Gasteiger partial charge in [0.25, 0.3) is 11.8 Å². The summed E-state index contributed by atoms with van der Waals surface area (Å²) in [5, 5.41) is 12.0. The van der Waals surface area contributed by atoms with Gasteiger partial charge in [-0.3, -0.25) is 19.3 Å². The number of amides is 3. The standard InChI is InChI=1S/C35H62N2O17/c1-43-9-10-45-13-14-47-17-18-49-21-22-51-25-26-53-29-30-54-28-27-52-24-23-50-20-19-48-16-15-46-12-11-44-8-6-32(38)36-7-2-3-31(35(41)42)37-33(39)4-5-34(37)40/h4-5,31H,2-3,6-30H2,1H3,(H,36,38)(H,41,42)/t31-/m1/s1. The number of carboxylic acids is 1. The van der Waals surface area contributed by atoms with E-state index in [1.807, 2.05) is 0 Å². The highest BCUT2D eigenvalue weighted by atomic mass is 16.6. The van der Waals surface area contributed by atoms with E-state index in [1.54, 1.807) is 7.11 Å². The zero-order valence-corrected chi connectivity index (χ0v) is 31.8. The monoisotopic (exact) mass is 782 g/mol. The fraction of sp³-hybridized carbons (Fsp3) is 0.829. The number of nitrogens with one attached hydrogen (secondary N) is 1. The third-order valence-corrected chi connectivity index (χ3v) is 7.04. The van der Waals surface area contributed by atoms with Crippen LogP contribution in [0.1, 0.15) is 19.3 Å². The van der Waals surface area contributed by atoms with Gasteiger partial charge in [0.15, 0.2) is 0 Å². The van der Waals surface area contributed by atoms with Crippen LogP contribution >= 0.6 is 0 Å². The number of carbonyl (C=O) groups is 4. The summed E-state index contributed by atoms with van der Waals surface area (Å²) in [5.41, 5.74) is 0. The Morgan fingerprint density at radius 3 is 1.13 bits per heavy atom. The average Bonchev–Trinajstić information content (AvgIpc) is 3.49. The third kappa shape index (κ3) is 29.7. The number of imide groups is 1. The minimum Gasteiger partial charge on any atom is -0.480 e. The van der Waals surface area contributed by atoms with Gasteiger partial charge in [0.2, 0.25) is 5.91 Å². The van der Waals surface area contributed by atoms with Gasteiger partial charge in [-0.1, -0.05) is 0 Å². The number of carbonyl (C=O) groups excluding carboxylic acids is 3. The minimum absolute atomic E-state index is 0.0343. The van der Waals surface area contributed by atoms with Gasteiger partial charge in [0.05, 0.1) is 152 Å². The fourth-order valence-electron chi connectivity index (χ4n) is 4.30. The van der Waals surface area contributed by atoms with Crippen LogP contribution in [0.4, 0.5) is 0 Å². The van der Waals surface area contributed by atoms with Crippen molar-refractivity contribution in [1.29, 1.82) is 0 Å². The number of methoxy groups -OCH3 is 1. The maximum atomic E-state index is 11.9. The topological polar surface area (TPSA) is 215 Å². The minimum atomic E-state index is -1.27. The first-order valence-corrected chi connectivity index (χ1v) is 18.4. The Morgan fingerprint density at radius 1 is 0.537 bits per heavy atom. The molecule has 0 aromatic carbocycles. The molecule has 0 saturated carbocycles. The molecule has 1 aliphatic heterocycles. The Kier molecular flexibility index (Phi) is 34.1. The number of carboxylic acid groups (broad SMARTS) is 1. The third-order valence-electron chi connectivity index (χ3n) is 7.04. The molecule has 314 valence electrons. The maximum absolute atomic E-state index is 11.9. The first-order valence-electron chi connectivity index (χ1n) is 18.4. The summed E-state index contributed by atoms with van der Waals surface area (Å²) >= 11 is 0. The highest BCUT2D eigenvalue weighted by Crippen LogP contribution is 2.14. The van der Waals surface area contributed by atoms with Gasteiger partial charge < -0.3 is 67.3 Å². The molecule has 2 N–H and O–H groups in total. The quantitative estimate of drug-likeness (QED) is 0.0589. The van der Waals surface area contributed by atoms with Crippen molar-refractivity contribution in [3.8, 4) is 0 Å². The van der Waals surface area contributed by atoms with Gasteiger partial charge in [0, 0.05) is 32.2 Å². The maximum Gasteiger partial charge on any atom is 0.326 e. The van der Waals surface area contributed by atoms with Crippen LogP contribution in [0, 0.1) is 0 Å². The summed E-state index contributed by atoms with van der Waals surface area (Å²) in [5.74, 6) is -2.83. The Bertz CT molecular complexity index is 956. The van der Waals surface area contributed by atoms with Crippen LogP contribution in [0.2, 0.25) is 0 Å². The molecule has 19 nitrogen and oxygen atoms in total. The lowest BCUT2D eigenvalue weighted by molar-refractivity contribution is -0.153. The van der Waals surface area contributed by atoms with Crippen LogP contribution in [-0.4, -0.2) is 205 Å². The molecule has 19 heteroatoms. The zero-order valence-electron chi connectivity index (χ0n) is 31.8. The molecule has 0 aliphatic carbocycles. The van der Waals surface area contributed by atoms with Crippen LogP contribution in [0.3, 0.4) is 0 Å². The smallest absolute Gasteiger partial charge is 0.326 e. The lowest BCUT2D eigenvalue weighted by Gasteiger charge is -2.22. The molecular weight excluding hydrogens is 720 g/mol. The summed E-state index contributed by atoms with van der Waals surface area (Å²) in [7, 11) is 1.64. The number of nitrogens with zero attached hydrogens (tertiary/aromatic N) is 1. The first-order chi connectivity index (χ1) is 26.5. The first kappa shape index (κ1) is 49.4. The van der Waals surface area contributed by atoms with E-state index in [0.717, 1.165) is 12.2 Å². The summed E-state index contributed by atoms with van der Waals surface area (Å²) in [6.45, 7) is 10.8. The number of rotatable bonds is 42. The van der Waals surface area contributed by atoms with Gasteiger partial charge in [0.1, 0.15) is 6.04 Å². The Morgan fingerprint density at radius 2 is 0.833 bits per heavy atom. The molecular formula is C35H62N2O17. The number of hydrogen-bond donors (Lipinski definition) is 2. The van der Waals surface area contributed by atoms with Crippen LogP contribution < -0.4 is 5.32 Å². The van der Waals surface area contributed by atoms with Crippen LogP contribution in [0.25, 0.3) is 0 Å². The highest BCUT2D eigenvalue weighted by molar-refractivity contribution is 6.14. The summed E-state index contributed by atoms with van der Waals surface area (Å²) < 4.78 is 64.6.